The molecule has 0 bridgehead atoms. The molecule has 1 N–H and O–H groups in total. The fourth-order valence-corrected chi connectivity index (χ4v) is 3.63. The van der Waals surface area contributed by atoms with E-state index in [4.69, 9.17) is 0 Å². The van der Waals surface area contributed by atoms with Gasteiger partial charge < -0.3 is 5.32 Å². The lowest BCUT2D eigenvalue weighted by Crippen LogP contribution is -2.31. The van der Waals surface area contributed by atoms with Gasteiger partial charge in [-0.05, 0) is 11.4 Å². The highest BCUT2D eigenvalue weighted by atomic mass is 32.2. The van der Waals surface area contributed by atoms with Crippen molar-refractivity contribution in [3.8, 4) is 0 Å². The summed E-state index contributed by atoms with van der Waals surface area (Å²) in [5.74, 6) is 0.498. The molecule has 0 saturated carbocycles. The second-order valence-electron chi connectivity index (χ2n) is 4.40. The van der Waals surface area contributed by atoms with Crippen molar-refractivity contribution < 1.29 is 8.42 Å². The Hall–Kier alpha value is -0.880. The van der Waals surface area contributed by atoms with E-state index in [1.165, 1.54) is 11.3 Å². The third-order valence-corrected chi connectivity index (χ3v) is 4.34. The molecule has 0 radical (unpaired) electrons. The smallest absolute Gasteiger partial charge is 0.286 e. The van der Waals surface area contributed by atoms with Crippen molar-refractivity contribution in [1.82, 2.24) is 0 Å². The fourth-order valence-electron chi connectivity index (χ4n) is 1.22. The highest BCUT2D eigenvalue weighted by molar-refractivity contribution is 7.90. The minimum absolute atomic E-state index is 0.278. The van der Waals surface area contributed by atoms with E-state index < -0.39 is 10.0 Å². The Kier molecular flexibility index (Phi) is 2.16. The van der Waals surface area contributed by atoms with Crippen molar-refractivity contribution >= 4 is 32.2 Å². The molecule has 2 rings (SSSR count). The van der Waals surface area contributed by atoms with E-state index >= 15 is 0 Å². The van der Waals surface area contributed by atoms with Crippen LogP contribution in [0, 0.1) is 5.41 Å². The molecular weight excluding hydrogens is 232 g/mol. The molecule has 6 heteroatoms. The van der Waals surface area contributed by atoms with Crippen LogP contribution in [-0.2, 0) is 10.0 Å². The largest absolute Gasteiger partial charge is 0.333 e. The first-order chi connectivity index (χ1) is 6.81. The fraction of sp³-hybridized carbons (Fsp3) is 0.444. The summed E-state index contributed by atoms with van der Waals surface area (Å²) in [5, 5.41) is 5.47. The first kappa shape index (κ1) is 10.6. The van der Waals surface area contributed by atoms with Gasteiger partial charge in [-0.25, -0.2) is 0 Å². The molecule has 15 heavy (non-hydrogen) atoms. The molecular formula is C9H12N2O2S2. The van der Waals surface area contributed by atoms with Crippen LogP contribution in [0.25, 0.3) is 0 Å². The second-order valence-corrected chi connectivity index (χ2v) is 6.89. The van der Waals surface area contributed by atoms with E-state index in [1.54, 1.807) is 11.4 Å². The van der Waals surface area contributed by atoms with Gasteiger partial charge in [0.15, 0.2) is 0 Å². The minimum Gasteiger partial charge on any atom is -0.333 e. The molecule has 0 fully saturated rings. The average Bonchev–Trinajstić information content (AvgIpc) is 2.49. The van der Waals surface area contributed by atoms with E-state index in [-0.39, 0.29) is 10.3 Å². The number of sulfonamides is 1. The monoisotopic (exact) mass is 244 g/mol. The maximum absolute atomic E-state index is 11.8. The summed E-state index contributed by atoms with van der Waals surface area (Å²) in [6.45, 7) is 5.77. The molecule has 0 spiro atoms. The standard InChI is InChI=1S/C9H12N2O2S2/c1-9(2,3)8-10-7-6(4-5-14-7)15(12,13)11-8/h4-5H,1-3H3,(H,10,11). The zero-order valence-electron chi connectivity index (χ0n) is 8.73. The number of hydrogen-bond donors (Lipinski definition) is 1. The van der Waals surface area contributed by atoms with Gasteiger partial charge in [0.25, 0.3) is 10.0 Å². The summed E-state index contributed by atoms with van der Waals surface area (Å²) < 4.78 is 27.3. The van der Waals surface area contributed by atoms with Gasteiger partial charge in [-0.1, -0.05) is 20.8 Å². The summed E-state index contributed by atoms with van der Waals surface area (Å²) in [5.41, 5.74) is -0.297. The highest BCUT2D eigenvalue weighted by Crippen LogP contribution is 2.35. The molecule has 4 nitrogen and oxygen atoms in total. The maximum Gasteiger partial charge on any atom is 0.286 e. The van der Waals surface area contributed by atoms with E-state index in [9.17, 15) is 8.42 Å². The van der Waals surface area contributed by atoms with Gasteiger partial charge in [-0.15, -0.1) is 15.7 Å². The summed E-state index contributed by atoms with van der Waals surface area (Å²) in [4.78, 5) is 0.278. The van der Waals surface area contributed by atoms with Crippen LogP contribution in [0.3, 0.4) is 0 Å². The Labute approximate surface area is 93.1 Å². The zero-order chi connectivity index (χ0) is 11.3. The maximum atomic E-state index is 11.8. The number of anilines is 1. The van der Waals surface area contributed by atoms with Crippen molar-refractivity contribution in [3.63, 3.8) is 0 Å². The quantitative estimate of drug-likeness (QED) is 0.762. The first-order valence-corrected chi connectivity index (χ1v) is 6.83. The van der Waals surface area contributed by atoms with Crippen LogP contribution in [0.5, 0.6) is 0 Å². The molecule has 0 atom stereocenters. The normalized spacial score (nSPS) is 19.0. The van der Waals surface area contributed by atoms with Crippen LogP contribution in [-0.4, -0.2) is 14.3 Å². The topological polar surface area (TPSA) is 58.5 Å². The predicted octanol–water partition coefficient (Wildman–Crippen LogP) is 2.31. The van der Waals surface area contributed by atoms with Gasteiger partial charge in [0.1, 0.15) is 15.7 Å². The minimum atomic E-state index is -3.50. The van der Waals surface area contributed by atoms with Crippen LogP contribution in [0.4, 0.5) is 5.00 Å². The van der Waals surface area contributed by atoms with Gasteiger partial charge in [0.2, 0.25) is 0 Å². The molecule has 0 amide bonds. The molecule has 1 aliphatic rings. The number of amidine groups is 1. The van der Waals surface area contributed by atoms with Gasteiger partial charge in [-0.2, -0.15) is 8.42 Å². The van der Waals surface area contributed by atoms with Crippen LogP contribution in [0.15, 0.2) is 20.7 Å². The lowest BCUT2D eigenvalue weighted by Gasteiger charge is -2.24. The van der Waals surface area contributed by atoms with Gasteiger partial charge in [0, 0.05) is 5.41 Å². The molecule has 0 saturated heterocycles. The van der Waals surface area contributed by atoms with Crippen molar-refractivity contribution in [3.05, 3.63) is 11.4 Å². The van der Waals surface area contributed by atoms with Crippen molar-refractivity contribution in [2.45, 2.75) is 25.7 Å². The molecule has 1 aliphatic heterocycles. The van der Waals surface area contributed by atoms with E-state index in [0.717, 1.165) is 0 Å². The summed E-state index contributed by atoms with van der Waals surface area (Å²) >= 11 is 1.38. The number of thiophene rings is 1. The Morgan fingerprint density at radius 1 is 1.40 bits per heavy atom. The number of fused-ring (bicyclic) bond motifs is 1. The Morgan fingerprint density at radius 2 is 2.07 bits per heavy atom. The van der Waals surface area contributed by atoms with E-state index in [0.29, 0.717) is 10.8 Å². The molecule has 1 aromatic heterocycles. The zero-order valence-corrected chi connectivity index (χ0v) is 10.4. The summed E-state index contributed by atoms with van der Waals surface area (Å²) in [7, 11) is -3.50. The Bertz CT molecular complexity index is 521. The Morgan fingerprint density at radius 3 is 2.67 bits per heavy atom. The molecule has 1 aromatic rings. The summed E-state index contributed by atoms with van der Waals surface area (Å²) in [6, 6.07) is 1.57. The molecule has 0 unspecified atom stereocenters. The van der Waals surface area contributed by atoms with Crippen LogP contribution >= 0.6 is 11.3 Å². The highest BCUT2D eigenvalue weighted by Gasteiger charge is 2.31. The van der Waals surface area contributed by atoms with Crippen LogP contribution < -0.4 is 5.32 Å². The van der Waals surface area contributed by atoms with Crippen LogP contribution in [0.2, 0.25) is 0 Å². The van der Waals surface area contributed by atoms with E-state index in [2.05, 4.69) is 9.71 Å². The third kappa shape index (κ3) is 1.79. The van der Waals surface area contributed by atoms with Crippen molar-refractivity contribution in [2.75, 3.05) is 5.32 Å². The second kappa shape index (κ2) is 3.05. The average molecular weight is 244 g/mol. The lowest BCUT2D eigenvalue weighted by atomic mass is 9.95. The Balaban J connectivity index is 2.58. The lowest BCUT2D eigenvalue weighted by molar-refractivity contribution is 0.578. The SMILES string of the molecule is CC(C)(C)C1=NS(=O)(=O)c2ccsc2N1. The van der Waals surface area contributed by atoms with Gasteiger partial charge in [0.05, 0.1) is 0 Å². The van der Waals surface area contributed by atoms with Gasteiger partial charge in [-0.3, -0.25) is 0 Å². The number of rotatable bonds is 0. The number of hydrogen-bond acceptors (Lipinski definition) is 4. The van der Waals surface area contributed by atoms with Crippen molar-refractivity contribution in [2.24, 2.45) is 9.81 Å². The van der Waals surface area contributed by atoms with Crippen molar-refractivity contribution in [1.29, 1.82) is 0 Å². The molecule has 0 aromatic carbocycles. The molecule has 0 aliphatic carbocycles. The van der Waals surface area contributed by atoms with Crippen LogP contribution in [0.1, 0.15) is 20.8 Å². The predicted molar refractivity (Wildman–Crippen MR) is 62.0 cm³/mol. The summed E-state index contributed by atoms with van der Waals surface area (Å²) in [6.07, 6.45) is 0. The number of nitrogens with zero attached hydrogens (tertiary/aromatic N) is 1. The molecule has 2 heterocycles. The number of nitrogens with one attached hydrogen (secondary N) is 1. The third-order valence-electron chi connectivity index (χ3n) is 2.06. The molecule has 82 valence electrons. The first-order valence-electron chi connectivity index (χ1n) is 4.51. The van der Waals surface area contributed by atoms with E-state index in [1.807, 2.05) is 20.8 Å². The van der Waals surface area contributed by atoms with Gasteiger partial charge >= 0.3 is 0 Å².